The summed E-state index contributed by atoms with van der Waals surface area (Å²) in [6.07, 6.45) is 7.45. The Morgan fingerprint density at radius 2 is 1.88 bits per heavy atom. The van der Waals surface area contributed by atoms with Crippen LogP contribution in [0.4, 0.5) is 0 Å². The summed E-state index contributed by atoms with van der Waals surface area (Å²) < 4.78 is 0. The van der Waals surface area contributed by atoms with Gasteiger partial charge < -0.3 is 10.0 Å². The van der Waals surface area contributed by atoms with E-state index in [2.05, 4.69) is 4.90 Å². The van der Waals surface area contributed by atoms with Gasteiger partial charge in [0.1, 0.15) is 0 Å². The van der Waals surface area contributed by atoms with E-state index in [4.69, 9.17) is 0 Å². The van der Waals surface area contributed by atoms with Gasteiger partial charge in [-0.1, -0.05) is 6.42 Å². The lowest BCUT2D eigenvalue weighted by Gasteiger charge is -2.31. The van der Waals surface area contributed by atoms with Crippen molar-refractivity contribution in [3.8, 4) is 0 Å². The second-order valence-corrected chi connectivity index (χ2v) is 5.68. The highest BCUT2D eigenvalue weighted by molar-refractivity contribution is 5.81. The van der Waals surface area contributed by atoms with Gasteiger partial charge in [-0.05, 0) is 38.5 Å². The van der Waals surface area contributed by atoms with Crippen molar-refractivity contribution >= 4 is 5.91 Å². The molecule has 2 saturated carbocycles. The molecule has 2 aliphatic carbocycles. The number of aliphatic hydroxyl groups is 1. The van der Waals surface area contributed by atoms with Gasteiger partial charge in [-0.2, -0.15) is 0 Å². The van der Waals surface area contributed by atoms with Crippen LogP contribution in [-0.2, 0) is 4.79 Å². The normalized spacial score (nSPS) is 39.3. The van der Waals surface area contributed by atoms with Crippen molar-refractivity contribution in [1.29, 1.82) is 0 Å². The maximum absolute atomic E-state index is 12.1. The fraction of sp³-hybridized carbons (Fsp3) is 0.923. The van der Waals surface area contributed by atoms with E-state index < -0.39 is 0 Å². The highest BCUT2D eigenvalue weighted by Gasteiger charge is 2.43. The first kappa shape index (κ1) is 10.6. The molecule has 3 nitrogen and oxygen atoms in total. The smallest absolute Gasteiger partial charge is 0.225 e. The zero-order chi connectivity index (χ0) is 11.1. The van der Waals surface area contributed by atoms with E-state index in [1.54, 1.807) is 0 Å². The van der Waals surface area contributed by atoms with Crippen molar-refractivity contribution in [1.82, 2.24) is 4.90 Å². The van der Waals surface area contributed by atoms with Crippen LogP contribution in [-0.4, -0.2) is 34.6 Å². The van der Waals surface area contributed by atoms with Gasteiger partial charge in [-0.3, -0.25) is 4.79 Å². The molecule has 1 N–H and O–H groups in total. The van der Waals surface area contributed by atoms with E-state index in [1.165, 1.54) is 0 Å². The Morgan fingerprint density at radius 1 is 1.06 bits per heavy atom. The first-order chi connectivity index (χ1) is 7.77. The van der Waals surface area contributed by atoms with Crippen molar-refractivity contribution in [3.63, 3.8) is 0 Å². The van der Waals surface area contributed by atoms with Gasteiger partial charge in [0.2, 0.25) is 5.91 Å². The lowest BCUT2D eigenvalue weighted by molar-refractivity contribution is -0.134. The first-order valence-corrected chi connectivity index (χ1v) is 6.76. The lowest BCUT2D eigenvalue weighted by Crippen LogP contribution is -2.43. The summed E-state index contributed by atoms with van der Waals surface area (Å²) in [4.78, 5) is 14.2. The number of hydrogen-bond acceptors (Lipinski definition) is 2. The number of nitrogens with zero attached hydrogens (tertiary/aromatic N) is 1. The summed E-state index contributed by atoms with van der Waals surface area (Å²) in [5, 5.41) is 9.97. The summed E-state index contributed by atoms with van der Waals surface area (Å²) >= 11 is 0. The Kier molecular flexibility index (Phi) is 2.66. The molecule has 3 heteroatoms. The third-order valence-corrected chi connectivity index (χ3v) is 4.53. The molecule has 16 heavy (non-hydrogen) atoms. The quantitative estimate of drug-likeness (QED) is 0.771. The highest BCUT2D eigenvalue weighted by atomic mass is 16.3. The summed E-state index contributed by atoms with van der Waals surface area (Å²) in [5.41, 5.74) is 0. The third-order valence-electron chi connectivity index (χ3n) is 4.53. The van der Waals surface area contributed by atoms with Gasteiger partial charge in [-0.15, -0.1) is 0 Å². The molecule has 3 rings (SSSR count). The first-order valence-electron chi connectivity index (χ1n) is 6.76. The molecule has 1 amide bonds. The largest absolute Gasteiger partial charge is 0.393 e. The fourth-order valence-corrected chi connectivity index (χ4v) is 3.49. The zero-order valence-electron chi connectivity index (χ0n) is 9.77. The lowest BCUT2D eigenvalue weighted by atomic mass is 9.94. The van der Waals surface area contributed by atoms with Crippen molar-refractivity contribution in [2.75, 3.05) is 6.54 Å². The standard InChI is InChI=1S/C13H21NO2/c15-12-5-1-3-10(12)11-4-2-8-14(11)13(16)9-6-7-9/h9-12,15H,1-8H2. The number of aliphatic hydroxyl groups excluding tert-OH is 1. The van der Waals surface area contributed by atoms with Crippen LogP contribution in [0, 0.1) is 11.8 Å². The van der Waals surface area contributed by atoms with Crippen LogP contribution >= 0.6 is 0 Å². The molecular formula is C13H21NO2. The predicted molar refractivity (Wildman–Crippen MR) is 60.8 cm³/mol. The van der Waals surface area contributed by atoms with Crippen LogP contribution in [0.3, 0.4) is 0 Å². The van der Waals surface area contributed by atoms with E-state index >= 15 is 0 Å². The molecule has 3 aliphatic rings. The minimum atomic E-state index is -0.155. The molecule has 90 valence electrons. The van der Waals surface area contributed by atoms with Crippen LogP contribution in [0.1, 0.15) is 44.9 Å². The van der Waals surface area contributed by atoms with Crippen LogP contribution in [0.25, 0.3) is 0 Å². The SMILES string of the molecule is O=C(C1CC1)N1CCCC1C1CCCC1O. The molecule has 0 aromatic rings. The molecule has 3 fully saturated rings. The van der Waals surface area contributed by atoms with Gasteiger partial charge in [0.25, 0.3) is 0 Å². The maximum Gasteiger partial charge on any atom is 0.225 e. The molecule has 0 radical (unpaired) electrons. The van der Waals surface area contributed by atoms with E-state index in [0.717, 1.165) is 51.5 Å². The average Bonchev–Trinajstić information content (AvgIpc) is 2.86. The van der Waals surface area contributed by atoms with Gasteiger partial charge in [-0.25, -0.2) is 0 Å². The second kappa shape index (κ2) is 4.02. The van der Waals surface area contributed by atoms with Gasteiger partial charge in [0.15, 0.2) is 0 Å². The summed E-state index contributed by atoms with van der Waals surface area (Å²) in [5.74, 6) is 1.07. The minimum Gasteiger partial charge on any atom is -0.393 e. The molecule has 3 unspecified atom stereocenters. The molecule has 1 aliphatic heterocycles. The van der Waals surface area contributed by atoms with Crippen LogP contribution in [0.2, 0.25) is 0 Å². The van der Waals surface area contributed by atoms with Crippen molar-refractivity contribution < 1.29 is 9.90 Å². The summed E-state index contributed by atoms with van der Waals surface area (Å²) in [6, 6.07) is 0.352. The Labute approximate surface area is 96.8 Å². The van der Waals surface area contributed by atoms with E-state index in [1.807, 2.05) is 0 Å². The Morgan fingerprint density at radius 3 is 2.50 bits per heavy atom. The molecule has 1 saturated heterocycles. The van der Waals surface area contributed by atoms with Gasteiger partial charge in [0.05, 0.1) is 6.10 Å². The topological polar surface area (TPSA) is 40.5 Å². The number of likely N-dealkylation sites (tertiary alicyclic amines) is 1. The predicted octanol–water partition coefficient (Wildman–Crippen LogP) is 1.55. The summed E-state index contributed by atoms with van der Waals surface area (Å²) in [7, 11) is 0. The molecule has 0 aromatic carbocycles. The van der Waals surface area contributed by atoms with E-state index in [-0.39, 0.29) is 6.10 Å². The minimum absolute atomic E-state index is 0.155. The van der Waals surface area contributed by atoms with Gasteiger partial charge in [0, 0.05) is 24.4 Å². The maximum atomic E-state index is 12.1. The number of carbonyl (C=O) groups excluding carboxylic acids is 1. The number of hydrogen-bond donors (Lipinski definition) is 1. The van der Waals surface area contributed by atoms with Crippen molar-refractivity contribution in [2.45, 2.75) is 57.1 Å². The molecule has 1 heterocycles. The molecule has 3 atom stereocenters. The Balaban J connectivity index is 1.70. The summed E-state index contributed by atoms with van der Waals surface area (Å²) in [6.45, 7) is 0.934. The Bertz CT molecular complexity index is 288. The third kappa shape index (κ3) is 1.75. The van der Waals surface area contributed by atoms with Crippen LogP contribution < -0.4 is 0 Å². The van der Waals surface area contributed by atoms with Gasteiger partial charge >= 0.3 is 0 Å². The molecule has 0 spiro atoms. The van der Waals surface area contributed by atoms with E-state index in [0.29, 0.717) is 23.8 Å². The van der Waals surface area contributed by atoms with Crippen LogP contribution in [0.5, 0.6) is 0 Å². The molecular weight excluding hydrogens is 202 g/mol. The molecule has 0 aromatic heterocycles. The highest BCUT2D eigenvalue weighted by Crippen LogP contribution is 2.39. The Hall–Kier alpha value is -0.570. The number of rotatable bonds is 2. The zero-order valence-corrected chi connectivity index (χ0v) is 9.77. The monoisotopic (exact) mass is 223 g/mol. The fourth-order valence-electron chi connectivity index (χ4n) is 3.49. The van der Waals surface area contributed by atoms with Crippen LogP contribution in [0.15, 0.2) is 0 Å². The number of amides is 1. The van der Waals surface area contributed by atoms with Crippen molar-refractivity contribution in [2.24, 2.45) is 11.8 Å². The van der Waals surface area contributed by atoms with E-state index in [9.17, 15) is 9.90 Å². The number of carbonyl (C=O) groups is 1. The molecule has 0 bridgehead atoms. The van der Waals surface area contributed by atoms with Crippen molar-refractivity contribution in [3.05, 3.63) is 0 Å². The average molecular weight is 223 g/mol. The second-order valence-electron chi connectivity index (χ2n) is 5.68.